The maximum Gasteiger partial charge on any atom is 0.407 e. The molecule has 0 aromatic heterocycles. The molecule has 2 unspecified atom stereocenters. The lowest BCUT2D eigenvalue weighted by Crippen LogP contribution is -2.51. The number of piperidine rings is 2. The maximum atomic E-state index is 12.9. The molecular weight excluding hydrogens is 448 g/mol. The fourth-order valence-electron chi connectivity index (χ4n) is 6.01. The molecule has 2 fully saturated rings. The highest BCUT2D eigenvalue weighted by Gasteiger charge is 2.39. The lowest BCUT2D eigenvalue weighted by Gasteiger charge is -2.44. The number of ketones is 1. The zero-order valence-corrected chi connectivity index (χ0v) is 22.2. The van der Waals surface area contributed by atoms with Crippen LogP contribution in [-0.2, 0) is 6.54 Å². The molecule has 36 heavy (non-hydrogen) atoms. The smallest absolute Gasteiger partial charge is 0.407 e. The van der Waals surface area contributed by atoms with Gasteiger partial charge in [-0.15, -0.1) is 0 Å². The number of amides is 1. The van der Waals surface area contributed by atoms with Crippen LogP contribution in [0.3, 0.4) is 0 Å². The van der Waals surface area contributed by atoms with Gasteiger partial charge in [0.1, 0.15) is 0 Å². The van der Waals surface area contributed by atoms with Gasteiger partial charge in [0.05, 0.1) is 0 Å². The van der Waals surface area contributed by atoms with Crippen molar-refractivity contribution in [2.24, 2.45) is 11.3 Å². The van der Waals surface area contributed by atoms with Crippen molar-refractivity contribution in [2.75, 3.05) is 19.6 Å². The van der Waals surface area contributed by atoms with Gasteiger partial charge in [-0.2, -0.15) is 0 Å². The molecule has 2 aromatic rings. The number of carbonyl (C=O) groups excluding carboxylic acids is 1. The first-order valence-electron chi connectivity index (χ1n) is 13.6. The molecule has 2 saturated heterocycles. The van der Waals surface area contributed by atoms with Crippen LogP contribution in [0.15, 0.2) is 54.6 Å². The van der Waals surface area contributed by atoms with E-state index in [-0.39, 0.29) is 17.2 Å². The second-order valence-electron chi connectivity index (χ2n) is 11.9. The van der Waals surface area contributed by atoms with E-state index in [1.807, 2.05) is 12.1 Å². The van der Waals surface area contributed by atoms with Gasteiger partial charge in [0.15, 0.2) is 5.78 Å². The van der Waals surface area contributed by atoms with Crippen molar-refractivity contribution in [1.82, 2.24) is 9.80 Å². The SMILES string of the molecule is CC(C)(C)C1CC(c2ccc(C(=O)CCC3CCN(Cc4ccccc4)CC3)cc2)CCN1C(=O)O. The maximum absolute atomic E-state index is 12.9. The average Bonchev–Trinajstić information content (AvgIpc) is 2.88. The van der Waals surface area contributed by atoms with E-state index in [1.54, 1.807) is 4.90 Å². The summed E-state index contributed by atoms with van der Waals surface area (Å²) in [6.45, 7) is 10.1. The van der Waals surface area contributed by atoms with Crippen LogP contribution in [0.25, 0.3) is 0 Å². The molecule has 0 aliphatic carbocycles. The third-order valence-corrected chi connectivity index (χ3v) is 8.29. The fourth-order valence-corrected chi connectivity index (χ4v) is 6.01. The van der Waals surface area contributed by atoms with Crippen molar-refractivity contribution in [3.63, 3.8) is 0 Å². The van der Waals surface area contributed by atoms with Crippen molar-refractivity contribution in [3.8, 4) is 0 Å². The lowest BCUT2D eigenvalue weighted by molar-refractivity contribution is 0.0526. The van der Waals surface area contributed by atoms with E-state index in [1.165, 1.54) is 24.0 Å². The molecular formula is C31H42N2O3. The number of nitrogens with zero attached hydrogens (tertiary/aromatic N) is 2. The summed E-state index contributed by atoms with van der Waals surface area (Å²) in [5.74, 6) is 1.20. The Hall–Kier alpha value is -2.66. The Bertz CT molecular complexity index is 1000. The minimum atomic E-state index is -0.823. The molecule has 0 spiro atoms. The summed E-state index contributed by atoms with van der Waals surface area (Å²) < 4.78 is 0. The fraction of sp³-hybridized carbons (Fsp3) is 0.548. The van der Waals surface area contributed by atoms with Gasteiger partial charge in [-0.05, 0) is 73.6 Å². The first-order valence-corrected chi connectivity index (χ1v) is 13.6. The number of carbonyl (C=O) groups is 2. The van der Waals surface area contributed by atoms with Crippen LogP contribution in [0.2, 0.25) is 0 Å². The Morgan fingerprint density at radius 2 is 1.58 bits per heavy atom. The zero-order chi connectivity index (χ0) is 25.7. The standard InChI is InChI=1S/C31H42N2O3/c1-31(2,3)29-21-27(17-20-33(29)30(35)36)25-10-12-26(13-11-25)28(34)14-9-23-15-18-32(19-16-23)22-24-7-5-4-6-8-24/h4-8,10-13,23,27,29H,9,14-22H2,1-3H3,(H,35,36). The first-order chi connectivity index (χ1) is 17.2. The third kappa shape index (κ3) is 6.76. The van der Waals surface area contributed by atoms with Crippen LogP contribution in [0.5, 0.6) is 0 Å². The summed E-state index contributed by atoms with van der Waals surface area (Å²) in [7, 11) is 0. The Balaban J connectivity index is 1.25. The van der Waals surface area contributed by atoms with E-state index in [0.717, 1.165) is 44.5 Å². The molecule has 2 aliphatic rings. The van der Waals surface area contributed by atoms with E-state index >= 15 is 0 Å². The Kier molecular flexibility index (Phi) is 8.50. The van der Waals surface area contributed by atoms with Crippen LogP contribution in [-0.4, -0.2) is 52.5 Å². The van der Waals surface area contributed by atoms with Gasteiger partial charge in [0, 0.05) is 31.1 Å². The minimum absolute atomic E-state index is 0.00540. The largest absolute Gasteiger partial charge is 0.465 e. The molecule has 0 saturated carbocycles. The topological polar surface area (TPSA) is 60.9 Å². The van der Waals surface area contributed by atoms with Crippen molar-refractivity contribution in [2.45, 2.75) is 77.8 Å². The monoisotopic (exact) mass is 490 g/mol. The number of hydrogen-bond donors (Lipinski definition) is 1. The van der Waals surface area contributed by atoms with Crippen molar-refractivity contribution < 1.29 is 14.7 Å². The lowest BCUT2D eigenvalue weighted by atomic mass is 9.75. The van der Waals surface area contributed by atoms with E-state index in [4.69, 9.17) is 0 Å². The molecule has 5 nitrogen and oxygen atoms in total. The van der Waals surface area contributed by atoms with E-state index in [0.29, 0.717) is 24.8 Å². The molecule has 194 valence electrons. The predicted molar refractivity (Wildman–Crippen MR) is 144 cm³/mol. The Morgan fingerprint density at radius 1 is 0.917 bits per heavy atom. The van der Waals surface area contributed by atoms with Gasteiger partial charge in [0.2, 0.25) is 0 Å². The van der Waals surface area contributed by atoms with E-state index < -0.39 is 6.09 Å². The number of hydrogen-bond acceptors (Lipinski definition) is 3. The molecule has 0 bridgehead atoms. The van der Waals surface area contributed by atoms with Crippen molar-refractivity contribution >= 4 is 11.9 Å². The van der Waals surface area contributed by atoms with Gasteiger partial charge >= 0.3 is 6.09 Å². The quantitative estimate of drug-likeness (QED) is 0.432. The van der Waals surface area contributed by atoms with E-state index in [2.05, 4.69) is 68.1 Å². The highest BCUT2D eigenvalue weighted by molar-refractivity contribution is 5.96. The molecule has 2 aliphatic heterocycles. The third-order valence-electron chi connectivity index (χ3n) is 8.29. The second kappa shape index (κ2) is 11.6. The molecule has 1 N–H and O–H groups in total. The molecule has 0 radical (unpaired) electrons. The highest BCUT2D eigenvalue weighted by atomic mass is 16.4. The molecule has 2 atom stereocenters. The van der Waals surface area contributed by atoms with Gasteiger partial charge < -0.3 is 10.0 Å². The van der Waals surface area contributed by atoms with Crippen molar-refractivity contribution in [3.05, 3.63) is 71.3 Å². The number of rotatable bonds is 7. The number of Topliss-reactive ketones (excluding diaryl/α,β-unsaturated/α-hetero) is 1. The van der Waals surface area contributed by atoms with Crippen LogP contribution >= 0.6 is 0 Å². The Morgan fingerprint density at radius 3 is 2.19 bits per heavy atom. The van der Waals surface area contributed by atoms with E-state index in [9.17, 15) is 14.7 Å². The predicted octanol–water partition coefficient (Wildman–Crippen LogP) is 6.83. The molecule has 2 aromatic carbocycles. The second-order valence-corrected chi connectivity index (χ2v) is 11.9. The average molecular weight is 491 g/mol. The molecule has 5 heteroatoms. The molecule has 2 heterocycles. The van der Waals surface area contributed by atoms with Crippen LogP contribution in [0, 0.1) is 11.3 Å². The molecule has 1 amide bonds. The summed E-state index contributed by atoms with van der Waals surface area (Å²) in [6, 6.07) is 18.8. The zero-order valence-electron chi connectivity index (χ0n) is 22.2. The number of carboxylic acid groups (broad SMARTS) is 1. The van der Waals surface area contributed by atoms with Gasteiger partial charge in [0.25, 0.3) is 0 Å². The molecule has 4 rings (SSSR count). The van der Waals surface area contributed by atoms with Gasteiger partial charge in [-0.25, -0.2) is 4.79 Å². The number of benzene rings is 2. The van der Waals surface area contributed by atoms with Crippen molar-refractivity contribution in [1.29, 1.82) is 0 Å². The summed E-state index contributed by atoms with van der Waals surface area (Å²) in [5, 5.41) is 9.63. The van der Waals surface area contributed by atoms with Crippen LogP contribution in [0.1, 0.15) is 86.7 Å². The summed E-state index contributed by atoms with van der Waals surface area (Å²) in [4.78, 5) is 28.8. The first kappa shape index (κ1) is 26.4. The summed E-state index contributed by atoms with van der Waals surface area (Å²) >= 11 is 0. The normalized spacial score (nSPS) is 21.9. The van der Waals surface area contributed by atoms with Crippen LogP contribution < -0.4 is 0 Å². The Labute approximate surface area is 216 Å². The summed E-state index contributed by atoms with van der Waals surface area (Å²) in [6.07, 6.45) is 4.76. The van der Waals surface area contributed by atoms with Gasteiger partial charge in [-0.1, -0.05) is 75.4 Å². The van der Waals surface area contributed by atoms with Crippen LogP contribution in [0.4, 0.5) is 4.79 Å². The minimum Gasteiger partial charge on any atom is -0.465 e. The summed E-state index contributed by atoms with van der Waals surface area (Å²) in [5.41, 5.74) is 3.29. The number of likely N-dealkylation sites (tertiary alicyclic amines) is 2. The highest BCUT2D eigenvalue weighted by Crippen LogP contribution is 2.39. The van der Waals surface area contributed by atoms with Gasteiger partial charge in [-0.3, -0.25) is 9.69 Å².